The van der Waals surface area contributed by atoms with Gasteiger partial charge in [-0.25, -0.2) is 0 Å². The number of rotatable bonds is 10. The molecule has 3 rings (SSSR count). The van der Waals surface area contributed by atoms with Gasteiger partial charge in [-0.2, -0.15) is 0 Å². The van der Waals surface area contributed by atoms with E-state index in [1.807, 2.05) is 42.5 Å². The predicted octanol–water partition coefficient (Wildman–Crippen LogP) is 3.20. The second kappa shape index (κ2) is 12.5. The lowest BCUT2D eigenvalue weighted by Gasteiger charge is -2.27. The van der Waals surface area contributed by atoms with Crippen molar-refractivity contribution in [2.45, 2.75) is 30.7 Å². The van der Waals surface area contributed by atoms with Gasteiger partial charge in [0.15, 0.2) is 5.96 Å². The Bertz CT molecular complexity index is 836. The summed E-state index contributed by atoms with van der Waals surface area (Å²) in [7, 11) is 0.674. The van der Waals surface area contributed by atoms with Crippen LogP contribution in [0, 0.1) is 0 Å². The molecule has 0 bridgehead atoms. The predicted molar refractivity (Wildman–Crippen MR) is 128 cm³/mol. The molecule has 31 heavy (non-hydrogen) atoms. The van der Waals surface area contributed by atoms with Gasteiger partial charge in [0.05, 0.1) is 30.5 Å². The molecule has 0 spiro atoms. The molecule has 0 amide bonds. The third kappa shape index (κ3) is 7.08. The molecule has 2 unspecified atom stereocenters. The molecule has 1 fully saturated rings. The summed E-state index contributed by atoms with van der Waals surface area (Å²) in [5.41, 5.74) is 1.26. The number of benzene rings is 2. The summed E-state index contributed by atoms with van der Waals surface area (Å²) in [6.07, 6.45) is 2.47. The minimum Gasteiger partial charge on any atom is -0.497 e. The number of methoxy groups -OCH3 is 1. The van der Waals surface area contributed by atoms with Crippen molar-refractivity contribution in [3.8, 4) is 5.75 Å². The number of guanidine groups is 1. The van der Waals surface area contributed by atoms with Gasteiger partial charge in [0.1, 0.15) is 5.75 Å². The molecule has 2 N–H and O–H groups in total. The molecule has 0 aliphatic carbocycles. The average molecular weight is 443 g/mol. The monoisotopic (exact) mass is 442 g/mol. The largest absolute Gasteiger partial charge is 0.497 e. The summed E-state index contributed by atoms with van der Waals surface area (Å²) in [5.74, 6) is 2.18. The van der Waals surface area contributed by atoms with Gasteiger partial charge >= 0.3 is 0 Å². The summed E-state index contributed by atoms with van der Waals surface area (Å²) in [4.78, 5) is 8.24. The van der Waals surface area contributed by atoms with Crippen LogP contribution in [0.25, 0.3) is 0 Å². The zero-order valence-corrected chi connectivity index (χ0v) is 19.4. The van der Waals surface area contributed by atoms with Crippen molar-refractivity contribution in [1.29, 1.82) is 0 Å². The Balaban J connectivity index is 1.63. The fourth-order valence-corrected chi connectivity index (χ4v) is 4.77. The maximum atomic E-state index is 12.5. The van der Waals surface area contributed by atoms with Crippen molar-refractivity contribution < 1.29 is 8.95 Å². The van der Waals surface area contributed by atoms with Gasteiger partial charge in [0.25, 0.3) is 0 Å². The highest BCUT2D eigenvalue weighted by atomic mass is 32.2. The molecule has 1 saturated heterocycles. The molecule has 7 heteroatoms. The van der Waals surface area contributed by atoms with E-state index in [-0.39, 0.29) is 6.04 Å². The van der Waals surface area contributed by atoms with Crippen molar-refractivity contribution in [1.82, 2.24) is 15.5 Å². The van der Waals surface area contributed by atoms with Gasteiger partial charge in [0, 0.05) is 23.7 Å². The molecule has 0 aromatic heterocycles. The summed E-state index contributed by atoms with van der Waals surface area (Å²) < 4.78 is 17.8. The molecule has 0 radical (unpaired) electrons. The van der Waals surface area contributed by atoms with Crippen molar-refractivity contribution in [3.63, 3.8) is 0 Å². The van der Waals surface area contributed by atoms with Crippen LogP contribution >= 0.6 is 0 Å². The summed E-state index contributed by atoms with van der Waals surface area (Å²) in [5, 5.41) is 6.66. The van der Waals surface area contributed by atoms with Crippen LogP contribution in [0.1, 0.15) is 31.4 Å². The Morgan fingerprint density at radius 3 is 2.45 bits per heavy atom. The zero-order chi connectivity index (χ0) is 21.9. The van der Waals surface area contributed by atoms with E-state index in [0.29, 0.717) is 18.8 Å². The van der Waals surface area contributed by atoms with Crippen molar-refractivity contribution in [2.24, 2.45) is 4.99 Å². The Hall–Kier alpha value is -2.38. The minimum absolute atomic E-state index is 0.238. The van der Waals surface area contributed by atoms with Gasteiger partial charge < -0.3 is 15.4 Å². The normalized spacial score (nSPS) is 16.6. The molecular weight excluding hydrogens is 408 g/mol. The van der Waals surface area contributed by atoms with Gasteiger partial charge in [0.2, 0.25) is 0 Å². The van der Waals surface area contributed by atoms with Crippen LogP contribution in [0.5, 0.6) is 5.75 Å². The van der Waals surface area contributed by atoms with Crippen LogP contribution in [-0.2, 0) is 10.8 Å². The average Bonchev–Trinajstić information content (AvgIpc) is 3.34. The SMILES string of the molecule is CCNC(=NCC(c1ccc(OC)cc1)N1CCCC1)NCCS(=O)c1ccccc1. The number of ether oxygens (including phenoxy) is 1. The van der Waals surface area contributed by atoms with Gasteiger partial charge in [-0.1, -0.05) is 30.3 Å². The van der Waals surface area contributed by atoms with E-state index in [2.05, 4.69) is 34.6 Å². The highest BCUT2D eigenvalue weighted by Gasteiger charge is 2.23. The zero-order valence-electron chi connectivity index (χ0n) is 18.5. The van der Waals surface area contributed by atoms with Crippen molar-refractivity contribution >= 4 is 16.8 Å². The van der Waals surface area contributed by atoms with Crippen molar-refractivity contribution in [2.75, 3.05) is 45.6 Å². The second-order valence-electron chi connectivity index (χ2n) is 7.54. The Labute approximate surface area is 188 Å². The van der Waals surface area contributed by atoms with Crippen molar-refractivity contribution in [3.05, 3.63) is 60.2 Å². The summed E-state index contributed by atoms with van der Waals surface area (Å²) in [6.45, 7) is 6.32. The van der Waals surface area contributed by atoms with Crippen LogP contribution in [0.2, 0.25) is 0 Å². The first-order chi connectivity index (χ1) is 15.2. The van der Waals surface area contributed by atoms with Gasteiger partial charge in [-0.3, -0.25) is 14.1 Å². The standard InChI is InChI=1S/C24H34N4O2S/c1-3-25-24(26-15-18-31(29)22-9-5-4-6-10-22)27-19-23(28-16-7-8-17-28)20-11-13-21(30-2)14-12-20/h4-6,9-14,23H,3,7-8,15-19H2,1-2H3,(H2,25,26,27). The second-order valence-corrected chi connectivity index (χ2v) is 9.11. The van der Waals surface area contributed by atoms with E-state index >= 15 is 0 Å². The Kier molecular flexibility index (Phi) is 9.37. The molecule has 1 heterocycles. The number of aliphatic imine (C=N–C) groups is 1. The lowest BCUT2D eigenvalue weighted by Crippen LogP contribution is -2.40. The van der Waals surface area contributed by atoms with Gasteiger partial charge in [-0.05, 0) is 62.7 Å². The van der Waals surface area contributed by atoms with Gasteiger partial charge in [-0.15, -0.1) is 0 Å². The Morgan fingerprint density at radius 2 is 1.81 bits per heavy atom. The van der Waals surface area contributed by atoms with E-state index < -0.39 is 10.8 Å². The molecular formula is C24H34N4O2S. The lowest BCUT2D eigenvalue weighted by molar-refractivity contribution is 0.251. The molecule has 6 nitrogen and oxygen atoms in total. The fraction of sp³-hybridized carbons (Fsp3) is 0.458. The first kappa shape index (κ1) is 23.3. The number of nitrogens with zero attached hydrogens (tertiary/aromatic N) is 2. The minimum atomic E-state index is -1.02. The molecule has 2 atom stereocenters. The molecule has 168 valence electrons. The highest BCUT2D eigenvalue weighted by molar-refractivity contribution is 7.85. The summed E-state index contributed by atoms with van der Waals surface area (Å²) >= 11 is 0. The number of nitrogens with one attached hydrogen (secondary N) is 2. The molecule has 0 saturated carbocycles. The first-order valence-corrected chi connectivity index (χ1v) is 12.4. The molecule has 1 aliphatic rings. The van der Waals surface area contributed by atoms with Crippen LogP contribution in [0.4, 0.5) is 0 Å². The van der Waals surface area contributed by atoms with Crippen LogP contribution in [-0.4, -0.2) is 60.7 Å². The topological polar surface area (TPSA) is 66.0 Å². The first-order valence-electron chi connectivity index (χ1n) is 11.0. The maximum Gasteiger partial charge on any atom is 0.191 e. The molecule has 2 aromatic carbocycles. The fourth-order valence-electron chi connectivity index (χ4n) is 3.78. The smallest absolute Gasteiger partial charge is 0.191 e. The van der Waals surface area contributed by atoms with Crippen LogP contribution in [0.3, 0.4) is 0 Å². The highest BCUT2D eigenvalue weighted by Crippen LogP contribution is 2.27. The van der Waals surface area contributed by atoms with E-state index in [1.54, 1.807) is 7.11 Å². The van der Waals surface area contributed by atoms with Crippen LogP contribution in [0.15, 0.2) is 64.5 Å². The lowest BCUT2D eigenvalue weighted by atomic mass is 10.1. The molecule has 2 aromatic rings. The van der Waals surface area contributed by atoms with E-state index in [9.17, 15) is 4.21 Å². The summed E-state index contributed by atoms with van der Waals surface area (Å²) in [6, 6.07) is 18.1. The van der Waals surface area contributed by atoms with E-state index in [1.165, 1.54) is 18.4 Å². The van der Waals surface area contributed by atoms with E-state index in [4.69, 9.17) is 9.73 Å². The third-order valence-electron chi connectivity index (χ3n) is 5.43. The maximum absolute atomic E-state index is 12.5. The number of hydrogen-bond donors (Lipinski definition) is 2. The Morgan fingerprint density at radius 1 is 1.10 bits per heavy atom. The van der Waals surface area contributed by atoms with Crippen LogP contribution < -0.4 is 15.4 Å². The quantitative estimate of drug-likeness (QED) is 0.437. The number of hydrogen-bond acceptors (Lipinski definition) is 4. The van der Waals surface area contributed by atoms with E-state index in [0.717, 1.165) is 36.2 Å². The third-order valence-corrected chi connectivity index (χ3v) is 6.81. The number of likely N-dealkylation sites (tertiary alicyclic amines) is 1. The molecule has 1 aliphatic heterocycles.